The van der Waals surface area contributed by atoms with Crippen molar-refractivity contribution in [2.75, 3.05) is 5.32 Å². The molecule has 0 saturated carbocycles. The topological polar surface area (TPSA) is 51.1 Å². The molecule has 0 aliphatic carbocycles. The second-order valence-corrected chi connectivity index (χ2v) is 5.11. The highest BCUT2D eigenvalue weighted by molar-refractivity contribution is 6.31. The highest BCUT2D eigenvalue weighted by Gasteiger charge is 2.14. The van der Waals surface area contributed by atoms with E-state index in [1.807, 2.05) is 13.0 Å². The second-order valence-electron chi connectivity index (χ2n) is 4.70. The highest BCUT2D eigenvalue weighted by Crippen LogP contribution is 2.20. The Morgan fingerprint density at radius 1 is 1.25 bits per heavy atom. The van der Waals surface area contributed by atoms with Crippen LogP contribution >= 0.6 is 11.6 Å². The summed E-state index contributed by atoms with van der Waals surface area (Å²) in [5, 5.41) is 3.36. The van der Waals surface area contributed by atoms with Gasteiger partial charge in [-0.1, -0.05) is 17.7 Å². The molecule has 0 saturated heterocycles. The van der Waals surface area contributed by atoms with Crippen LogP contribution in [0.15, 0.2) is 30.5 Å². The number of benzene rings is 1. The van der Waals surface area contributed by atoms with Crippen LogP contribution in [0.25, 0.3) is 0 Å². The minimum Gasteiger partial charge on any atom is -0.346 e. The first-order chi connectivity index (χ1) is 9.38. The zero-order chi connectivity index (χ0) is 14.9. The van der Waals surface area contributed by atoms with E-state index in [2.05, 4.69) is 5.32 Å². The highest BCUT2D eigenvalue weighted by atomic mass is 35.5. The summed E-state index contributed by atoms with van der Waals surface area (Å²) >= 11 is 6.02. The quantitative estimate of drug-likeness (QED) is 0.880. The standard InChI is InChI=1S/C15H15ClN2O2/c1-9-4-5-12(7-13(9)16)17-15(20)14-6-11(10(2)19)8-18(14)3/h4-8H,1-3H3,(H,17,20). The van der Waals surface area contributed by atoms with Crippen molar-refractivity contribution in [1.82, 2.24) is 4.57 Å². The Morgan fingerprint density at radius 3 is 2.50 bits per heavy atom. The van der Waals surface area contributed by atoms with Crippen LogP contribution < -0.4 is 5.32 Å². The average Bonchev–Trinajstić information content (AvgIpc) is 2.76. The molecular formula is C15H15ClN2O2. The number of ketones is 1. The molecule has 0 atom stereocenters. The van der Waals surface area contributed by atoms with E-state index < -0.39 is 0 Å². The summed E-state index contributed by atoms with van der Waals surface area (Å²) in [4.78, 5) is 23.5. The molecule has 1 N–H and O–H groups in total. The summed E-state index contributed by atoms with van der Waals surface area (Å²) in [6.07, 6.45) is 1.64. The van der Waals surface area contributed by atoms with Crippen LogP contribution in [-0.4, -0.2) is 16.3 Å². The third kappa shape index (κ3) is 2.91. The lowest BCUT2D eigenvalue weighted by molar-refractivity contribution is 0.101. The van der Waals surface area contributed by atoms with Crippen LogP contribution in [0.3, 0.4) is 0 Å². The lowest BCUT2D eigenvalue weighted by Crippen LogP contribution is -2.15. The van der Waals surface area contributed by atoms with Crippen molar-refractivity contribution in [2.24, 2.45) is 7.05 Å². The molecule has 1 aromatic carbocycles. The fraction of sp³-hybridized carbons (Fsp3) is 0.200. The van der Waals surface area contributed by atoms with Gasteiger partial charge in [-0.3, -0.25) is 9.59 Å². The van der Waals surface area contributed by atoms with Gasteiger partial charge in [-0.25, -0.2) is 0 Å². The third-order valence-electron chi connectivity index (χ3n) is 3.07. The van der Waals surface area contributed by atoms with Crippen molar-refractivity contribution in [3.63, 3.8) is 0 Å². The zero-order valence-corrected chi connectivity index (χ0v) is 12.3. The number of hydrogen-bond donors (Lipinski definition) is 1. The van der Waals surface area contributed by atoms with Crippen LogP contribution in [0.2, 0.25) is 5.02 Å². The first kappa shape index (κ1) is 14.3. The lowest BCUT2D eigenvalue weighted by Gasteiger charge is -2.07. The Bertz CT molecular complexity index is 689. The molecular weight excluding hydrogens is 276 g/mol. The fourth-order valence-electron chi connectivity index (χ4n) is 1.85. The molecule has 2 aromatic rings. The molecule has 2 rings (SSSR count). The molecule has 104 valence electrons. The van der Waals surface area contributed by atoms with Crippen molar-refractivity contribution in [3.8, 4) is 0 Å². The number of carbonyl (C=O) groups is 2. The van der Waals surface area contributed by atoms with Gasteiger partial charge >= 0.3 is 0 Å². The van der Waals surface area contributed by atoms with Gasteiger partial charge in [0.05, 0.1) is 0 Å². The van der Waals surface area contributed by atoms with Crippen LogP contribution in [0.5, 0.6) is 0 Å². The van der Waals surface area contributed by atoms with Gasteiger partial charge in [0.2, 0.25) is 0 Å². The molecule has 0 unspecified atom stereocenters. The maximum Gasteiger partial charge on any atom is 0.272 e. The Hall–Kier alpha value is -2.07. The fourth-order valence-corrected chi connectivity index (χ4v) is 2.03. The van der Waals surface area contributed by atoms with Crippen molar-refractivity contribution in [1.29, 1.82) is 0 Å². The molecule has 4 nitrogen and oxygen atoms in total. The van der Waals surface area contributed by atoms with E-state index in [0.29, 0.717) is 22.0 Å². The first-order valence-corrected chi connectivity index (χ1v) is 6.51. The van der Waals surface area contributed by atoms with E-state index in [0.717, 1.165) is 5.56 Å². The summed E-state index contributed by atoms with van der Waals surface area (Å²) < 4.78 is 1.63. The maximum absolute atomic E-state index is 12.2. The van der Waals surface area contributed by atoms with E-state index in [1.54, 1.807) is 36.0 Å². The first-order valence-electron chi connectivity index (χ1n) is 6.13. The number of Topliss-reactive ketones (excluding diaryl/α,β-unsaturated/α-hetero) is 1. The molecule has 0 spiro atoms. The van der Waals surface area contributed by atoms with Gasteiger partial charge in [-0.2, -0.15) is 0 Å². The van der Waals surface area contributed by atoms with Gasteiger partial charge < -0.3 is 9.88 Å². The Kier molecular flexibility index (Phi) is 3.95. The van der Waals surface area contributed by atoms with E-state index in [-0.39, 0.29) is 11.7 Å². The van der Waals surface area contributed by atoms with Crippen molar-refractivity contribution >= 4 is 29.0 Å². The van der Waals surface area contributed by atoms with E-state index in [1.165, 1.54) is 6.92 Å². The third-order valence-corrected chi connectivity index (χ3v) is 3.48. The predicted molar refractivity (Wildman–Crippen MR) is 79.6 cm³/mol. The smallest absolute Gasteiger partial charge is 0.272 e. The predicted octanol–water partition coefficient (Wildman–Crippen LogP) is 3.44. The summed E-state index contributed by atoms with van der Waals surface area (Å²) in [7, 11) is 1.73. The molecule has 0 aliphatic rings. The molecule has 1 heterocycles. The number of halogens is 1. The SMILES string of the molecule is CC(=O)c1cc(C(=O)Nc2ccc(C)c(Cl)c2)n(C)c1. The van der Waals surface area contributed by atoms with Crippen molar-refractivity contribution in [2.45, 2.75) is 13.8 Å². The monoisotopic (exact) mass is 290 g/mol. The molecule has 1 aromatic heterocycles. The molecule has 0 radical (unpaired) electrons. The van der Waals surface area contributed by atoms with Gasteiger partial charge in [0.15, 0.2) is 5.78 Å². The molecule has 0 aliphatic heterocycles. The van der Waals surface area contributed by atoms with Gasteiger partial charge in [-0.05, 0) is 37.6 Å². The number of amides is 1. The normalized spacial score (nSPS) is 10.4. The number of carbonyl (C=O) groups excluding carboxylic acids is 2. The summed E-state index contributed by atoms with van der Waals surface area (Å²) in [5.74, 6) is -0.349. The number of nitrogens with one attached hydrogen (secondary N) is 1. The van der Waals surface area contributed by atoms with Crippen LogP contribution in [-0.2, 0) is 7.05 Å². The van der Waals surface area contributed by atoms with E-state index in [9.17, 15) is 9.59 Å². The van der Waals surface area contributed by atoms with Gasteiger partial charge in [0.1, 0.15) is 5.69 Å². The van der Waals surface area contributed by atoms with Crippen LogP contribution in [0.1, 0.15) is 33.3 Å². The molecule has 0 bridgehead atoms. The largest absolute Gasteiger partial charge is 0.346 e. The van der Waals surface area contributed by atoms with Crippen molar-refractivity contribution in [3.05, 3.63) is 52.3 Å². The maximum atomic E-state index is 12.2. The van der Waals surface area contributed by atoms with Crippen LogP contribution in [0.4, 0.5) is 5.69 Å². The van der Waals surface area contributed by atoms with Gasteiger partial charge in [0.25, 0.3) is 5.91 Å². The van der Waals surface area contributed by atoms with E-state index in [4.69, 9.17) is 11.6 Å². The molecule has 5 heteroatoms. The Morgan fingerprint density at radius 2 is 1.95 bits per heavy atom. The summed E-state index contributed by atoms with van der Waals surface area (Å²) in [6.45, 7) is 3.36. The minimum atomic E-state index is -0.278. The Labute approximate surface area is 122 Å². The van der Waals surface area contributed by atoms with E-state index >= 15 is 0 Å². The number of nitrogens with zero attached hydrogens (tertiary/aromatic N) is 1. The number of rotatable bonds is 3. The van der Waals surface area contributed by atoms with Crippen LogP contribution in [0, 0.1) is 6.92 Å². The van der Waals surface area contributed by atoms with Gasteiger partial charge in [-0.15, -0.1) is 0 Å². The lowest BCUT2D eigenvalue weighted by atomic mass is 10.2. The second kappa shape index (κ2) is 5.51. The molecule has 1 amide bonds. The van der Waals surface area contributed by atoms with Crippen molar-refractivity contribution < 1.29 is 9.59 Å². The number of aryl methyl sites for hydroxylation is 2. The molecule has 0 fully saturated rings. The zero-order valence-electron chi connectivity index (χ0n) is 11.5. The number of hydrogen-bond acceptors (Lipinski definition) is 2. The summed E-state index contributed by atoms with van der Waals surface area (Å²) in [6, 6.07) is 6.90. The minimum absolute atomic E-state index is 0.0713. The summed E-state index contributed by atoms with van der Waals surface area (Å²) in [5.41, 5.74) is 2.50. The number of aromatic nitrogens is 1. The van der Waals surface area contributed by atoms with Gasteiger partial charge in [0, 0.05) is 29.5 Å². The average molecular weight is 291 g/mol. The number of anilines is 1. The Balaban J connectivity index is 2.23. The molecule has 20 heavy (non-hydrogen) atoms.